The Kier molecular flexibility index (Phi) is 5.84. The average molecular weight is 403 g/mol. The van der Waals surface area contributed by atoms with Crippen LogP contribution < -0.4 is 9.52 Å². The molecule has 0 unspecified atom stereocenters. The number of nitrogens with zero attached hydrogens (tertiary/aromatic N) is 2. The number of thiazole rings is 1. The number of benzene rings is 1. The molecule has 1 N–H and O–H groups in total. The van der Waals surface area contributed by atoms with Gasteiger partial charge in [0.25, 0.3) is 5.91 Å². The molecule has 2 aromatic heterocycles. The monoisotopic (exact) mass is 403 g/mol. The highest BCUT2D eigenvalue weighted by atomic mass is 32.2. The van der Waals surface area contributed by atoms with Gasteiger partial charge in [-0.1, -0.05) is 12.1 Å². The Hall–Kier alpha value is -2.75. The number of carbonyl (C=O) groups is 1. The molecule has 7 nitrogen and oxygen atoms in total. The van der Waals surface area contributed by atoms with Crippen LogP contribution in [0.4, 0.5) is 0 Å². The SMILES string of the molecule is Cn1ccsc1=NC(=O)/C=C/c1ccc(S(=O)(=O)NCc2ccco2)cc1. The third-order valence-corrected chi connectivity index (χ3v) is 5.86. The number of hydrogen-bond acceptors (Lipinski definition) is 5. The van der Waals surface area contributed by atoms with E-state index >= 15 is 0 Å². The third-order valence-electron chi connectivity index (χ3n) is 3.59. The van der Waals surface area contributed by atoms with Gasteiger partial charge in [0.05, 0.1) is 17.7 Å². The van der Waals surface area contributed by atoms with E-state index in [2.05, 4.69) is 9.71 Å². The van der Waals surface area contributed by atoms with Crippen LogP contribution in [0, 0.1) is 0 Å². The van der Waals surface area contributed by atoms with Gasteiger partial charge in [-0.25, -0.2) is 13.1 Å². The number of rotatable bonds is 6. The maximum atomic E-state index is 12.3. The normalized spacial score (nSPS) is 12.7. The van der Waals surface area contributed by atoms with E-state index in [0.29, 0.717) is 16.1 Å². The summed E-state index contributed by atoms with van der Waals surface area (Å²) in [7, 11) is -1.83. The number of sulfonamides is 1. The molecule has 2 heterocycles. The first-order valence-corrected chi connectivity index (χ1v) is 10.3. The lowest BCUT2D eigenvalue weighted by molar-refractivity contribution is -0.113. The van der Waals surface area contributed by atoms with Crippen molar-refractivity contribution >= 4 is 33.3 Å². The van der Waals surface area contributed by atoms with Gasteiger partial charge >= 0.3 is 0 Å². The van der Waals surface area contributed by atoms with E-state index in [0.717, 1.165) is 0 Å². The van der Waals surface area contributed by atoms with Crippen molar-refractivity contribution < 1.29 is 17.6 Å². The fraction of sp³-hybridized carbons (Fsp3) is 0.111. The van der Waals surface area contributed by atoms with Crippen molar-refractivity contribution in [3.8, 4) is 0 Å². The summed E-state index contributed by atoms with van der Waals surface area (Å²) in [5.74, 6) is 0.143. The summed E-state index contributed by atoms with van der Waals surface area (Å²) in [5, 5.41) is 1.84. The van der Waals surface area contributed by atoms with E-state index in [1.165, 1.54) is 35.8 Å². The second-order valence-electron chi connectivity index (χ2n) is 5.55. The quantitative estimate of drug-likeness (QED) is 0.639. The van der Waals surface area contributed by atoms with Crippen molar-refractivity contribution in [1.29, 1.82) is 0 Å². The molecule has 0 bridgehead atoms. The molecule has 0 saturated heterocycles. The van der Waals surface area contributed by atoms with E-state index in [9.17, 15) is 13.2 Å². The second kappa shape index (κ2) is 8.30. The molecular weight excluding hydrogens is 386 g/mol. The third kappa shape index (κ3) is 5.13. The molecule has 0 atom stereocenters. The van der Waals surface area contributed by atoms with Crippen LogP contribution in [0.25, 0.3) is 6.08 Å². The van der Waals surface area contributed by atoms with Gasteiger partial charge in [-0.3, -0.25) is 4.79 Å². The minimum absolute atomic E-state index is 0.0765. The lowest BCUT2D eigenvalue weighted by Crippen LogP contribution is -2.22. The predicted octanol–water partition coefficient (Wildman–Crippen LogP) is 2.30. The average Bonchev–Trinajstić information content (AvgIpc) is 3.31. The van der Waals surface area contributed by atoms with Crippen LogP contribution in [-0.4, -0.2) is 18.9 Å². The fourth-order valence-electron chi connectivity index (χ4n) is 2.15. The second-order valence-corrected chi connectivity index (χ2v) is 8.19. The van der Waals surface area contributed by atoms with Gasteiger partial charge in [-0.05, 0) is 35.9 Å². The molecule has 9 heteroatoms. The molecule has 0 spiro atoms. The number of aromatic nitrogens is 1. The summed E-state index contributed by atoms with van der Waals surface area (Å²) in [6.07, 6.45) is 6.24. The zero-order valence-electron chi connectivity index (χ0n) is 14.4. The highest BCUT2D eigenvalue weighted by Gasteiger charge is 2.13. The largest absolute Gasteiger partial charge is 0.468 e. The summed E-state index contributed by atoms with van der Waals surface area (Å²) in [6.45, 7) is 0.0765. The van der Waals surface area contributed by atoms with Gasteiger partial charge in [0.15, 0.2) is 4.80 Å². The molecule has 0 aliphatic heterocycles. The number of hydrogen-bond donors (Lipinski definition) is 1. The van der Waals surface area contributed by atoms with Gasteiger partial charge in [0.2, 0.25) is 10.0 Å². The van der Waals surface area contributed by atoms with Crippen molar-refractivity contribution in [3.05, 3.63) is 76.4 Å². The van der Waals surface area contributed by atoms with Crippen molar-refractivity contribution in [2.24, 2.45) is 12.0 Å². The Morgan fingerprint density at radius 2 is 2.07 bits per heavy atom. The van der Waals surface area contributed by atoms with Gasteiger partial charge in [-0.2, -0.15) is 4.99 Å². The Morgan fingerprint density at radius 1 is 1.30 bits per heavy atom. The van der Waals surface area contributed by atoms with Gasteiger partial charge in [0.1, 0.15) is 5.76 Å². The van der Waals surface area contributed by atoms with Crippen LogP contribution in [0.5, 0.6) is 0 Å². The van der Waals surface area contributed by atoms with Crippen LogP contribution in [-0.2, 0) is 28.4 Å². The van der Waals surface area contributed by atoms with Crippen molar-refractivity contribution in [2.75, 3.05) is 0 Å². The smallest absolute Gasteiger partial charge is 0.272 e. The molecule has 0 saturated carbocycles. The topological polar surface area (TPSA) is 93.7 Å². The van der Waals surface area contributed by atoms with Crippen LogP contribution in [0.3, 0.4) is 0 Å². The molecule has 0 fully saturated rings. The molecule has 1 aromatic carbocycles. The van der Waals surface area contributed by atoms with Crippen molar-refractivity contribution in [3.63, 3.8) is 0 Å². The van der Waals surface area contributed by atoms with E-state index in [-0.39, 0.29) is 17.3 Å². The molecule has 0 radical (unpaired) electrons. The standard InChI is InChI=1S/C18H17N3O4S2/c1-21-10-12-26-18(21)20-17(22)9-6-14-4-7-16(8-5-14)27(23,24)19-13-15-3-2-11-25-15/h2-12,19H,13H2,1H3/b9-6+,20-18?. The number of nitrogens with one attached hydrogen (secondary N) is 1. The molecule has 1 amide bonds. The van der Waals surface area contributed by atoms with E-state index in [4.69, 9.17) is 4.42 Å². The Balaban J connectivity index is 1.66. The molecule has 27 heavy (non-hydrogen) atoms. The summed E-state index contributed by atoms with van der Waals surface area (Å²) in [6, 6.07) is 9.58. The molecule has 140 valence electrons. The summed E-state index contributed by atoms with van der Waals surface area (Å²) in [4.78, 5) is 16.6. The lowest BCUT2D eigenvalue weighted by Gasteiger charge is -2.05. The first-order chi connectivity index (χ1) is 12.9. The number of amides is 1. The van der Waals surface area contributed by atoms with E-state index in [1.807, 2.05) is 18.6 Å². The van der Waals surface area contributed by atoms with Gasteiger partial charge in [0, 0.05) is 24.7 Å². The molecule has 0 aliphatic rings. The minimum Gasteiger partial charge on any atom is -0.468 e. The lowest BCUT2D eigenvalue weighted by atomic mass is 10.2. The Bertz CT molecular complexity index is 1110. The minimum atomic E-state index is -3.64. The summed E-state index contributed by atoms with van der Waals surface area (Å²) >= 11 is 1.37. The summed E-state index contributed by atoms with van der Waals surface area (Å²) < 4.78 is 33.9. The summed E-state index contributed by atoms with van der Waals surface area (Å²) in [5.41, 5.74) is 0.694. The maximum Gasteiger partial charge on any atom is 0.272 e. The molecular formula is C18H17N3O4S2. The molecule has 3 rings (SSSR count). The van der Waals surface area contributed by atoms with Gasteiger partial charge in [-0.15, -0.1) is 11.3 Å². The van der Waals surface area contributed by atoms with E-state index < -0.39 is 10.0 Å². The molecule has 3 aromatic rings. The highest BCUT2D eigenvalue weighted by molar-refractivity contribution is 7.89. The first kappa shape index (κ1) is 19.0. The number of furan rings is 1. The number of aryl methyl sites for hydroxylation is 1. The zero-order valence-corrected chi connectivity index (χ0v) is 16.0. The van der Waals surface area contributed by atoms with Crippen LogP contribution >= 0.6 is 11.3 Å². The molecule has 0 aliphatic carbocycles. The van der Waals surface area contributed by atoms with Gasteiger partial charge < -0.3 is 8.98 Å². The first-order valence-electron chi connectivity index (χ1n) is 7.93. The van der Waals surface area contributed by atoms with Crippen molar-refractivity contribution in [2.45, 2.75) is 11.4 Å². The van der Waals surface area contributed by atoms with E-state index in [1.54, 1.807) is 34.9 Å². The Morgan fingerprint density at radius 3 is 2.70 bits per heavy atom. The Labute approximate surface area is 160 Å². The zero-order chi connectivity index (χ0) is 19.3. The maximum absolute atomic E-state index is 12.3. The predicted molar refractivity (Wildman–Crippen MR) is 102 cm³/mol. The van der Waals surface area contributed by atoms with Crippen LogP contribution in [0.1, 0.15) is 11.3 Å². The van der Waals surface area contributed by atoms with Crippen LogP contribution in [0.15, 0.2) is 74.6 Å². The number of carbonyl (C=O) groups excluding carboxylic acids is 1. The fourth-order valence-corrected chi connectivity index (χ4v) is 3.88. The van der Waals surface area contributed by atoms with Crippen molar-refractivity contribution in [1.82, 2.24) is 9.29 Å². The highest BCUT2D eigenvalue weighted by Crippen LogP contribution is 2.12. The van der Waals surface area contributed by atoms with Crippen LogP contribution in [0.2, 0.25) is 0 Å².